The first kappa shape index (κ1) is 20.9. The van der Waals surface area contributed by atoms with Crippen LogP contribution in [0, 0.1) is 0 Å². The molecule has 2 rings (SSSR count). The summed E-state index contributed by atoms with van der Waals surface area (Å²) in [5.74, 6) is -0.319. The Morgan fingerprint density at radius 3 is 2.23 bits per heavy atom. The van der Waals surface area contributed by atoms with Crippen LogP contribution >= 0.6 is 0 Å². The molecule has 1 aromatic carbocycles. The second kappa shape index (κ2) is 8.96. The van der Waals surface area contributed by atoms with E-state index in [0.29, 0.717) is 18.7 Å². The van der Waals surface area contributed by atoms with Gasteiger partial charge >= 0.3 is 0 Å². The summed E-state index contributed by atoms with van der Waals surface area (Å²) in [5.41, 5.74) is 0.679. The minimum atomic E-state index is -3.47. The molecule has 0 bridgehead atoms. The molecule has 1 aliphatic rings. The highest BCUT2D eigenvalue weighted by atomic mass is 32.2. The Kier molecular flexibility index (Phi) is 7.19. The van der Waals surface area contributed by atoms with Crippen molar-refractivity contribution in [3.63, 3.8) is 0 Å². The Balaban J connectivity index is 1.91. The van der Waals surface area contributed by atoms with E-state index in [4.69, 9.17) is 0 Å². The smallest absolute Gasteiger partial charge is 0.243 e. The summed E-state index contributed by atoms with van der Waals surface area (Å²) >= 11 is 0. The van der Waals surface area contributed by atoms with E-state index in [9.17, 15) is 21.6 Å². The average Bonchev–Trinajstić information content (AvgIpc) is 2.63. The maximum Gasteiger partial charge on any atom is 0.243 e. The van der Waals surface area contributed by atoms with Crippen molar-refractivity contribution in [2.45, 2.75) is 37.5 Å². The van der Waals surface area contributed by atoms with Crippen LogP contribution in [-0.4, -0.2) is 58.2 Å². The Hall–Kier alpha value is -1.45. The lowest BCUT2D eigenvalue weighted by Gasteiger charge is -2.25. The third-order valence-corrected chi connectivity index (χ3v) is 8.03. The van der Waals surface area contributed by atoms with E-state index < -0.39 is 19.9 Å². The Morgan fingerprint density at radius 2 is 1.65 bits per heavy atom. The van der Waals surface area contributed by atoms with E-state index in [2.05, 4.69) is 5.32 Å². The molecule has 146 valence electrons. The molecule has 0 spiro atoms. The Morgan fingerprint density at radius 1 is 1.04 bits per heavy atom. The van der Waals surface area contributed by atoms with Crippen LogP contribution in [0.25, 0.3) is 0 Å². The summed E-state index contributed by atoms with van der Waals surface area (Å²) in [6.07, 6.45) is 2.90. The zero-order valence-corrected chi connectivity index (χ0v) is 16.6. The average molecular weight is 403 g/mol. The first-order valence-corrected chi connectivity index (χ1v) is 12.1. The van der Waals surface area contributed by atoms with Crippen molar-refractivity contribution in [1.82, 2.24) is 9.62 Å². The highest BCUT2D eigenvalue weighted by molar-refractivity contribution is 7.91. The van der Waals surface area contributed by atoms with Crippen molar-refractivity contribution >= 4 is 25.8 Å². The third kappa shape index (κ3) is 5.78. The highest BCUT2D eigenvalue weighted by Crippen LogP contribution is 2.20. The monoisotopic (exact) mass is 402 g/mol. The van der Waals surface area contributed by atoms with Gasteiger partial charge in [0.1, 0.15) is 0 Å². The van der Waals surface area contributed by atoms with Crippen LogP contribution in [0.5, 0.6) is 0 Å². The number of benzene rings is 1. The van der Waals surface area contributed by atoms with Gasteiger partial charge in [-0.05, 0) is 30.5 Å². The fraction of sp³-hybridized carbons (Fsp3) is 0.588. The topological polar surface area (TPSA) is 101 Å². The predicted molar refractivity (Wildman–Crippen MR) is 100 cm³/mol. The molecule has 7 nitrogen and oxygen atoms in total. The van der Waals surface area contributed by atoms with Crippen LogP contribution in [0.3, 0.4) is 0 Å². The molecule has 0 saturated carbocycles. The molecular weight excluding hydrogens is 376 g/mol. The van der Waals surface area contributed by atoms with Crippen LogP contribution in [0.1, 0.15) is 31.7 Å². The maximum atomic E-state index is 12.6. The van der Waals surface area contributed by atoms with Crippen molar-refractivity contribution in [1.29, 1.82) is 0 Å². The van der Waals surface area contributed by atoms with Crippen LogP contribution in [0.15, 0.2) is 29.2 Å². The lowest BCUT2D eigenvalue weighted by molar-refractivity contribution is -0.120. The number of nitrogens with zero attached hydrogens (tertiary/aromatic N) is 1. The number of hydrogen-bond acceptors (Lipinski definition) is 5. The number of amides is 1. The zero-order valence-electron chi connectivity index (χ0n) is 15.0. The van der Waals surface area contributed by atoms with Gasteiger partial charge in [-0.2, -0.15) is 4.31 Å². The lowest BCUT2D eigenvalue weighted by atomic mass is 10.1. The number of carbonyl (C=O) groups excluding carboxylic acids is 1. The molecule has 1 N–H and O–H groups in total. The normalized spacial score (nSPS) is 16.3. The van der Waals surface area contributed by atoms with Gasteiger partial charge in [0.15, 0.2) is 9.84 Å². The number of carbonyl (C=O) groups is 1. The van der Waals surface area contributed by atoms with E-state index in [-0.39, 0.29) is 35.3 Å². The highest BCUT2D eigenvalue weighted by Gasteiger charge is 2.25. The molecule has 26 heavy (non-hydrogen) atoms. The van der Waals surface area contributed by atoms with E-state index in [1.54, 1.807) is 19.1 Å². The summed E-state index contributed by atoms with van der Waals surface area (Å²) in [7, 11) is -6.58. The van der Waals surface area contributed by atoms with Gasteiger partial charge in [0, 0.05) is 25.4 Å². The summed E-state index contributed by atoms with van der Waals surface area (Å²) in [5, 5.41) is 2.57. The SMILES string of the molecule is CCS(=O)(=O)CCNC(=O)Cc1ccc(S(=O)(=O)N2CCCCC2)cc1. The number of sulfone groups is 1. The van der Waals surface area contributed by atoms with Crippen molar-refractivity contribution in [3.8, 4) is 0 Å². The number of nitrogens with one attached hydrogen (secondary N) is 1. The third-order valence-electron chi connectivity index (χ3n) is 4.42. The van der Waals surface area contributed by atoms with E-state index in [0.717, 1.165) is 19.3 Å². The summed E-state index contributed by atoms with van der Waals surface area (Å²) < 4.78 is 49.4. The molecule has 9 heteroatoms. The Labute approximate surface area is 155 Å². The first-order chi connectivity index (χ1) is 12.2. The van der Waals surface area contributed by atoms with Crippen LogP contribution in [-0.2, 0) is 31.1 Å². The Bertz CT molecular complexity index is 811. The fourth-order valence-corrected chi connectivity index (χ4v) is 4.99. The quantitative estimate of drug-likeness (QED) is 0.698. The molecule has 1 saturated heterocycles. The van der Waals surface area contributed by atoms with Gasteiger partial charge in [0.25, 0.3) is 0 Å². The van der Waals surface area contributed by atoms with Crippen molar-refractivity contribution in [2.24, 2.45) is 0 Å². The standard InChI is InChI=1S/C17H26N2O5S2/c1-2-25(21,22)13-10-18-17(20)14-15-6-8-16(9-7-15)26(23,24)19-11-4-3-5-12-19/h6-9H,2-5,10-14H2,1H3,(H,18,20). The molecule has 1 aliphatic heterocycles. The van der Waals surface area contributed by atoms with Gasteiger partial charge in [-0.15, -0.1) is 0 Å². The largest absolute Gasteiger partial charge is 0.355 e. The molecule has 1 amide bonds. The second-order valence-electron chi connectivity index (χ2n) is 6.37. The van der Waals surface area contributed by atoms with Crippen molar-refractivity contribution < 1.29 is 21.6 Å². The summed E-state index contributed by atoms with van der Waals surface area (Å²) in [6, 6.07) is 6.29. The molecule has 1 aromatic rings. The van der Waals surface area contributed by atoms with Gasteiger partial charge in [-0.25, -0.2) is 16.8 Å². The maximum absolute atomic E-state index is 12.6. The second-order valence-corrected chi connectivity index (χ2v) is 10.8. The van der Waals surface area contributed by atoms with Crippen LogP contribution in [0.2, 0.25) is 0 Å². The van der Waals surface area contributed by atoms with Gasteiger partial charge in [-0.1, -0.05) is 25.5 Å². The van der Waals surface area contributed by atoms with Crippen LogP contribution < -0.4 is 5.32 Å². The molecule has 0 aromatic heterocycles. The molecule has 0 radical (unpaired) electrons. The van der Waals surface area contributed by atoms with Crippen molar-refractivity contribution in [3.05, 3.63) is 29.8 Å². The lowest BCUT2D eigenvalue weighted by Crippen LogP contribution is -2.35. The zero-order chi connectivity index (χ0) is 19.2. The van der Waals surface area contributed by atoms with Gasteiger partial charge in [0.05, 0.1) is 17.1 Å². The first-order valence-electron chi connectivity index (χ1n) is 8.81. The molecule has 1 fully saturated rings. The minimum Gasteiger partial charge on any atom is -0.355 e. The van der Waals surface area contributed by atoms with Gasteiger partial charge in [0.2, 0.25) is 15.9 Å². The van der Waals surface area contributed by atoms with E-state index in [1.807, 2.05) is 0 Å². The number of piperidine rings is 1. The van der Waals surface area contributed by atoms with E-state index >= 15 is 0 Å². The van der Waals surface area contributed by atoms with Crippen molar-refractivity contribution in [2.75, 3.05) is 31.1 Å². The number of sulfonamides is 1. The minimum absolute atomic E-state index is 0.0514. The molecule has 1 heterocycles. The van der Waals surface area contributed by atoms with Gasteiger partial charge < -0.3 is 5.32 Å². The number of rotatable bonds is 8. The fourth-order valence-electron chi connectivity index (χ4n) is 2.77. The number of hydrogen-bond donors (Lipinski definition) is 1. The molecule has 0 aliphatic carbocycles. The molecule has 0 atom stereocenters. The van der Waals surface area contributed by atoms with Gasteiger partial charge in [-0.3, -0.25) is 4.79 Å². The van der Waals surface area contributed by atoms with E-state index in [1.165, 1.54) is 16.4 Å². The molecule has 0 unspecified atom stereocenters. The summed E-state index contributed by atoms with van der Waals surface area (Å²) in [6.45, 7) is 2.74. The predicted octanol–water partition coefficient (Wildman–Crippen LogP) is 0.955. The summed E-state index contributed by atoms with van der Waals surface area (Å²) in [4.78, 5) is 12.1. The van der Waals surface area contributed by atoms with Crippen LogP contribution in [0.4, 0.5) is 0 Å². The molecular formula is C17H26N2O5S2.